The molecule has 1 aromatic carbocycles. The number of carbonyl (C=O) groups excluding carboxylic acids is 3. The number of amides is 2. The SMILES string of the molecule is COc1cccc(/C=C/C(=O)OCC(=O)NCC(N)=O)c1OC(F)F. The second-order valence-corrected chi connectivity index (χ2v) is 4.44. The minimum Gasteiger partial charge on any atom is -0.493 e. The zero-order valence-corrected chi connectivity index (χ0v) is 13.2. The molecule has 10 heteroatoms. The Bertz CT molecular complexity index is 663. The number of para-hydroxylation sites is 1. The Balaban J connectivity index is 2.69. The summed E-state index contributed by atoms with van der Waals surface area (Å²) < 4.78 is 38.9. The Morgan fingerprint density at radius 3 is 2.64 bits per heavy atom. The molecule has 0 spiro atoms. The number of rotatable bonds is 9. The average Bonchev–Trinajstić information content (AvgIpc) is 2.56. The van der Waals surface area contributed by atoms with Gasteiger partial charge in [-0.3, -0.25) is 9.59 Å². The van der Waals surface area contributed by atoms with E-state index in [1.807, 2.05) is 0 Å². The van der Waals surface area contributed by atoms with Crippen molar-refractivity contribution in [3.63, 3.8) is 0 Å². The molecule has 1 rings (SSSR count). The molecule has 8 nitrogen and oxygen atoms in total. The molecule has 0 saturated carbocycles. The second kappa shape index (κ2) is 9.85. The lowest BCUT2D eigenvalue weighted by atomic mass is 10.1. The molecule has 0 aromatic heterocycles. The van der Waals surface area contributed by atoms with Crippen LogP contribution >= 0.6 is 0 Å². The molecule has 0 fully saturated rings. The highest BCUT2D eigenvalue weighted by atomic mass is 19.3. The maximum absolute atomic E-state index is 12.5. The maximum Gasteiger partial charge on any atom is 0.387 e. The highest BCUT2D eigenvalue weighted by Gasteiger charge is 2.14. The van der Waals surface area contributed by atoms with Gasteiger partial charge in [0.05, 0.1) is 13.7 Å². The highest BCUT2D eigenvalue weighted by Crippen LogP contribution is 2.33. The van der Waals surface area contributed by atoms with Crippen molar-refractivity contribution in [1.29, 1.82) is 0 Å². The lowest BCUT2D eigenvalue weighted by Crippen LogP contribution is -2.35. The Kier molecular flexibility index (Phi) is 7.83. The minimum absolute atomic E-state index is 0.0571. The number of nitrogens with one attached hydrogen (secondary N) is 1. The van der Waals surface area contributed by atoms with Gasteiger partial charge >= 0.3 is 12.6 Å². The van der Waals surface area contributed by atoms with E-state index in [-0.39, 0.29) is 23.6 Å². The number of esters is 1. The van der Waals surface area contributed by atoms with Gasteiger partial charge in [0, 0.05) is 11.6 Å². The summed E-state index contributed by atoms with van der Waals surface area (Å²) in [6.45, 7) is -4.09. The van der Waals surface area contributed by atoms with Crippen molar-refractivity contribution in [2.45, 2.75) is 6.61 Å². The van der Waals surface area contributed by atoms with Crippen molar-refractivity contribution in [2.24, 2.45) is 5.73 Å². The first-order chi connectivity index (χ1) is 11.8. The number of alkyl halides is 2. The number of hydrogen-bond donors (Lipinski definition) is 2. The molecule has 0 unspecified atom stereocenters. The van der Waals surface area contributed by atoms with Gasteiger partial charge in [-0.1, -0.05) is 12.1 Å². The van der Waals surface area contributed by atoms with Crippen LogP contribution in [0.5, 0.6) is 11.5 Å². The summed E-state index contributed by atoms with van der Waals surface area (Å²) in [4.78, 5) is 33.3. The first kappa shape index (κ1) is 19.9. The van der Waals surface area contributed by atoms with Crippen LogP contribution in [-0.4, -0.2) is 44.7 Å². The smallest absolute Gasteiger partial charge is 0.387 e. The van der Waals surface area contributed by atoms with Gasteiger partial charge in [0.15, 0.2) is 18.1 Å². The predicted octanol–water partition coefficient (Wildman–Crippen LogP) is 0.454. The number of methoxy groups -OCH3 is 1. The first-order valence-corrected chi connectivity index (χ1v) is 6.85. The molecule has 0 aliphatic carbocycles. The molecule has 3 N–H and O–H groups in total. The summed E-state index contributed by atoms with van der Waals surface area (Å²) in [6, 6.07) is 4.35. The summed E-state index contributed by atoms with van der Waals surface area (Å²) in [7, 11) is 1.28. The normalized spacial score (nSPS) is 10.6. The lowest BCUT2D eigenvalue weighted by molar-refractivity contribution is -0.143. The van der Waals surface area contributed by atoms with Gasteiger partial charge in [0.1, 0.15) is 0 Å². The molecular weight excluding hydrogens is 342 g/mol. The average molecular weight is 358 g/mol. The highest BCUT2D eigenvalue weighted by molar-refractivity contribution is 5.90. The van der Waals surface area contributed by atoms with Crippen molar-refractivity contribution >= 4 is 23.9 Å². The number of primary amides is 1. The van der Waals surface area contributed by atoms with Crippen LogP contribution in [0.3, 0.4) is 0 Å². The van der Waals surface area contributed by atoms with Gasteiger partial charge < -0.3 is 25.3 Å². The van der Waals surface area contributed by atoms with Gasteiger partial charge in [0.25, 0.3) is 5.91 Å². The van der Waals surface area contributed by atoms with Crippen molar-refractivity contribution in [1.82, 2.24) is 5.32 Å². The van der Waals surface area contributed by atoms with E-state index in [1.165, 1.54) is 31.4 Å². The van der Waals surface area contributed by atoms with E-state index in [0.29, 0.717) is 0 Å². The van der Waals surface area contributed by atoms with E-state index in [4.69, 9.17) is 10.5 Å². The lowest BCUT2D eigenvalue weighted by Gasteiger charge is -2.12. The number of halogens is 2. The van der Waals surface area contributed by atoms with Crippen LogP contribution in [0, 0.1) is 0 Å². The van der Waals surface area contributed by atoms with Crippen molar-refractivity contribution in [3.8, 4) is 11.5 Å². The monoisotopic (exact) mass is 358 g/mol. The fourth-order valence-corrected chi connectivity index (χ4v) is 1.62. The van der Waals surface area contributed by atoms with Crippen LogP contribution in [0.4, 0.5) is 8.78 Å². The van der Waals surface area contributed by atoms with E-state index in [0.717, 1.165) is 6.08 Å². The third kappa shape index (κ3) is 7.29. The van der Waals surface area contributed by atoms with Gasteiger partial charge in [-0.25, -0.2) is 4.79 Å². The predicted molar refractivity (Wildman–Crippen MR) is 81.8 cm³/mol. The zero-order chi connectivity index (χ0) is 18.8. The third-order valence-electron chi connectivity index (χ3n) is 2.64. The fourth-order valence-electron chi connectivity index (χ4n) is 1.62. The Labute approximate surface area is 141 Å². The zero-order valence-electron chi connectivity index (χ0n) is 13.2. The van der Waals surface area contributed by atoms with E-state index >= 15 is 0 Å². The molecule has 0 saturated heterocycles. The van der Waals surface area contributed by atoms with Crippen molar-refractivity contribution in [2.75, 3.05) is 20.3 Å². The molecule has 25 heavy (non-hydrogen) atoms. The number of carbonyl (C=O) groups is 3. The number of ether oxygens (including phenoxy) is 3. The summed E-state index contributed by atoms with van der Waals surface area (Å²) in [5.74, 6) is -2.56. The van der Waals surface area contributed by atoms with Crippen LogP contribution in [0.25, 0.3) is 6.08 Å². The van der Waals surface area contributed by atoms with Gasteiger partial charge in [0.2, 0.25) is 5.91 Å². The van der Waals surface area contributed by atoms with Gasteiger partial charge in [-0.2, -0.15) is 8.78 Å². The van der Waals surface area contributed by atoms with E-state index < -0.39 is 31.0 Å². The number of benzene rings is 1. The topological polar surface area (TPSA) is 117 Å². The second-order valence-electron chi connectivity index (χ2n) is 4.44. The van der Waals surface area contributed by atoms with Crippen LogP contribution in [0.1, 0.15) is 5.56 Å². The quantitative estimate of drug-likeness (QED) is 0.489. The maximum atomic E-state index is 12.5. The van der Waals surface area contributed by atoms with E-state index in [1.54, 1.807) is 0 Å². The molecule has 0 atom stereocenters. The van der Waals surface area contributed by atoms with E-state index in [9.17, 15) is 23.2 Å². The van der Waals surface area contributed by atoms with Crippen LogP contribution in [-0.2, 0) is 19.1 Å². The molecule has 0 heterocycles. The number of hydrogen-bond acceptors (Lipinski definition) is 6. The molecule has 1 aromatic rings. The summed E-state index contributed by atoms with van der Waals surface area (Å²) in [5, 5.41) is 2.12. The van der Waals surface area contributed by atoms with Crippen molar-refractivity contribution in [3.05, 3.63) is 29.8 Å². The van der Waals surface area contributed by atoms with Crippen molar-refractivity contribution < 1.29 is 37.4 Å². The molecule has 136 valence electrons. The third-order valence-corrected chi connectivity index (χ3v) is 2.64. The van der Waals surface area contributed by atoms with Crippen LogP contribution in [0.15, 0.2) is 24.3 Å². The van der Waals surface area contributed by atoms with Gasteiger partial charge in [-0.15, -0.1) is 0 Å². The molecule has 0 bridgehead atoms. The standard InChI is InChI=1S/C15H16F2N2O6/c1-23-10-4-2-3-9(14(10)25-15(16)17)5-6-13(22)24-8-12(21)19-7-11(18)20/h2-6,15H,7-8H2,1H3,(H2,18,20)(H,19,21)/b6-5+. The summed E-state index contributed by atoms with van der Waals surface area (Å²) >= 11 is 0. The minimum atomic E-state index is -3.08. The first-order valence-electron chi connectivity index (χ1n) is 6.85. The Morgan fingerprint density at radius 1 is 1.32 bits per heavy atom. The Morgan fingerprint density at radius 2 is 2.04 bits per heavy atom. The van der Waals surface area contributed by atoms with Gasteiger partial charge in [-0.05, 0) is 12.1 Å². The van der Waals surface area contributed by atoms with Crippen LogP contribution < -0.4 is 20.5 Å². The summed E-state index contributed by atoms with van der Waals surface area (Å²) in [6.07, 6.45) is 2.10. The molecule has 2 amide bonds. The molecule has 0 aliphatic heterocycles. The molecular formula is C15H16F2N2O6. The largest absolute Gasteiger partial charge is 0.493 e. The summed E-state index contributed by atoms with van der Waals surface area (Å²) in [5.41, 5.74) is 4.98. The Hall–Kier alpha value is -3.17. The fraction of sp³-hybridized carbons (Fsp3) is 0.267. The van der Waals surface area contributed by atoms with E-state index in [2.05, 4.69) is 14.8 Å². The molecule has 0 radical (unpaired) electrons. The van der Waals surface area contributed by atoms with Crippen LogP contribution in [0.2, 0.25) is 0 Å². The molecule has 0 aliphatic rings. The number of nitrogens with two attached hydrogens (primary N) is 1.